The number of halogens is 3. The van der Waals surface area contributed by atoms with Crippen molar-refractivity contribution in [3.05, 3.63) is 17.8 Å². The molecule has 0 amide bonds. The number of hydrogen-bond donors (Lipinski definition) is 3. The van der Waals surface area contributed by atoms with Gasteiger partial charge in [0.05, 0.1) is 10.9 Å². The predicted molar refractivity (Wildman–Crippen MR) is 55.1 cm³/mol. The zero-order valence-corrected chi connectivity index (χ0v) is 8.31. The van der Waals surface area contributed by atoms with E-state index in [9.17, 15) is 13.2 Å². The summed E-state index contributed by atoms with van der Waals surface area (Å²) in [6.45, 7) is 0. The van der Waals surface area contributed by atoms with Crippen LogP contribution in [0.5, 0.6) is 0 Å². The third-order valence-corrected chi connectivity index (χ3v) is 2.24. The first-order valence-electron chi connectivity index (χ1n) is 4.46. The van der Waals surface area contributed by atoms with Crippen LogP contribution in [0.4, 0.5) is 24.7 Å². The quantitative estimate of drug-likeness (QED) is 0.703. The Morgan fingerprint density at radius 3 is 2.69 bits per heavy atom. The molecule has 0 fully saturated rings. The van der Waals surface area contributed by atoms with Gasteiger partial charge < -0.3 is 16.0 Å². The molecule has 0 saturated carbocycles. The second kappa shape index (κ2) is 3.29. The molecule has 0 bridgehead atoms. The molecule has 2 rings (SSSR count). The summed E-state index contributed by atoms with van der Waals surface area (Å²) in [7, 11) is 1.53. The number of nitrogen functional groups attached to an aromatic ring is 1. The summed E-state index contributed by atoms with van der Waals surface area (Å²) in [5.74, 6) is 0.160. The van der Waals surface area contributed by atoms with Crippen molar-refractivity contribution < 1.29 is 13.2 Å². The molecule has 0 atom stereocenters. The highest BCUT2D eigenvalue weighted by Crippen LogP contribution is 2.38. The molecule has 2 aromatic heterocycles. The topological polar surface area (TPSA) is 66.7 Å². The SMILES string of the molecule is CNc1cc(N)nc2[nH]cc(C(F)(F)F)c12. The van der Waals surface area contributed by atoms with Gasteiger partial charge in [0.2, 0.25) is 0 Å². The van der Waals surface area contributed by atoms with Gasteiger partial charge in [0, 0.05) is 25.0 Å². The maximum absolute atomic E-state index is 12.7. The van der Waals surface area contributed by atoms with Crippen molar-refractivity contribution >= 4 is 22.5 Å². The number of nitrogens with two attached hydrogens (primary N) is 1. The van der Waals surface area contributed by atoms with Crippen LogP contribution in [0.2, 0.25) is 0 Å². The average Bonchev–Trinajstić information content (AvgIpc) is 2.59. The first kappa shape index (κ1) is 10.6. The highest BCUT2D eigenvalue weighted by molar-refractivity contribution is 5.94. The van der Waals surface area contributed by atoms with E-state index in [4.69, 9.17) is 5.73 Å². The normalized spacial score (nSPS) is 12.0. The first-order valence-corrected chi connectivity index (χ1v) is 4.46. The van der Waals surface area contributed by atoms with Crippen LogP contribution in [0.15, 0.2) is 12.3 Å². The van der Waals surface area contributed by atoms with E-state index in [0.717, 1.165) is 6.20 Å². The van der Waals surface area contributed by atoms with Gasteiger partial charge in [0.25, 0.3) is 0 Å². The van der Waals surface area contributed by atoms with Crippen LogP contribution >= 0.6 is 0 Å². The standard InChI is InChI=1S/C9H9F3N4/c1-14-5-2-6(13)16-8-7(5)4(3-15-8)9(10,11)12/h2-3H,1H3,(H4,13,14,15,16). The van der Waals surface area contributed by atoms with E-state index < -0.39 is 11.7 Å². The zero-order valence-electron chi connectivity index (χ0n) is 8.31. The number of nitrogens with one attached hydrogen (secondary N) is 2. The van der Waals surface area contributed by atoms with Crippen molar-refractivity contribution in [2.45, 2.75) is 6.18 Å². The molecule has 0 spiro atoms. The third-order valence-electron chi connectivity index (χ3n) is 2.24. The van der Waals surface area contributed by atoms with Gasteiger partial charge in [-0.3, -0.25) is 0 Å². The molecule has 2 heterocycles. The molecule has 4 nitrogen and oxygen atoms in total. The van der Waals surface area contributed by atoms with Crippen molar-refractivity contribution in [2.75, 3.05) is 18.1 Å². The van der Waals surface area contributed by atoms with Crippen molar-refractivity contribution in [2.24, 2.45) is 0 Å². The summed E-state index contributed by atoms with van der Waals surface area (Å²) < 4.78 is 38.0. The van der Waals surface area contributed by atoms with E-state index in [1.165, 1.54) is 13.1 Å². The Morgan fingerprint density at radius 2 is 2.12 bits per heavy atom. The van der Waals surface area contributed by atoms with Gasteiger partial charge in [-0.2, -0.15) is 13.2 Å². The Morgan fingerprint density at radius 1 is 1.44 bits per heavy atom. The van der Waals surface area contributed by atoms with Gasteiger partial charge in [-0.15, -0.1) is 0 Å². The van der Waals surface area contributed by atoms with Crippen molar-refractivity contribution in [1.29, 1.82) is 0 Å². The highest BCUT2D eigenvalue weighted by atomic mass is 19.4. The van der Waals surface area contributed by atoms with Crippen molar-refractivity contribution in [3.8, 4) is 0 Å². The van der Waals surface area contributed by atoms with Crippen molar-refractivity contribution in [3.63, 3.8) is 0 Å². The molecule has 7 heteroatoms. The van der Waals surface area contributed by atoms with Gasteiger partial charge in [-0.25, -0.2) is 4.98 Å². The van der Waals surface area contributed by atoms with Gasteiger partial charge in [-0.1, -0.05) is 0 Å². The van der Waals surface area contributed by atoms with E-state index >= 15 is 0 Å². The Hall–Kier alpha value is -1.92. The maximum Gasteiger partial charge on any atom is 0.418 e. The molecule has 0 aliphatic heterocycles. The minimum Gasteiger partial charge on any atom is -0.387 e. The smallest absolute Gasteiger partial charge is 0.387 e. The molecule has 0 saturated heterocycles. The van der Waals surface area contributed by atoms with Crippen LogP contribution < -0.4 is 11.1 Å². The van der Waals surface area contributed by atoms with Crippen LogP contribution in [-0.4, -0.2) is 17.0 Å². The summed E-state index contributed by atoms with van der Waals surface area (Å²) in [6.07, 6.45) is -3.53. The lowest BCUT2D eigenvalue weighted by atomic mass is 10.2. The molecule has 0 aliphatic rings. The van der Waals surface area contributed by atoms with Crippen LogP contribution in [-0.2, 0) is 6.18 Å². The summed E-state index contributed by atoms with van der Waals surface area (Å²) >= 11 is 0. The fraction of sp³-hybridized carbons (Fsp3) is 0.222. The minimum atomic E-state index is -4.42. The van der Waals surface area contributed by atoms with Crippen LogP contribution in [0.1, 0.15) is 5.56 Å². The van der Waals surface area contributed by atoms with Crippen LogP contribution in [0.3, 0.4) is 0 Å². The lowest BCUT2D eigenvalue weighted by Crippen LogP contribution is -2.05. The number of pyridine rings is 1. The zero-order chi connectivity index (χ0) is 11.9. The third kappa shape index (κ3) is 1.54. The fourth-order valence-electron chi connectivity index (χ4n) is 1.58. The van der Waals surface area contributed by atoms with E-state index in [2.05, 4.69) is 15.3 Å². The van der Waals surface area contributed by atoms with Gasteiger partial charge in [-0.05, 0) is 0 Å². The van der Waals surface area contributed by atoms with E-state index in [-0.39, 0.29) is 16.9 Å². The molecule has 2 aromatic rings. The van der Waals surface area contributed by atoms with E-state index in [0.29, 0.717) is 5.69 Å². The predicted octanol–water partition coefficient (Wildman–Crippen LogP) is 2.21. The summed E-state index contributed by atoms with van der Waals surface area (Å²) in [6, 6.07) is 1.37. The number of hydrogen-bond acceptors (Lipinski definition) is 3. The second-order valence-corrected chi connectivity index (χ2v) is 3.27. The number of aromatic amines is 1. The Kier molecular flexibility index (Phi) is 2.18. The number of anilines is 2. The van der Waals surface area contributed by atoms with Crippen LogP contribution in [0.25, 0.3) is 11.0 Å². The minimum absolute atomic E-state index is 0.00389. The Labute approximate surface area is 88.7 Å². The summed E-state index contributed by atoms with van der Waals surface area (Å²) in [4.78, 5) is 6.26. The fourth-order valence-corrected chi connectivity index (χ4v) is 1.58. The molecule has 16 heavy (non-hydrogen) atoms. The van der Waals surface area contributed by atoms with Gasteiger partial charge in [0.1, 0.15) is 11.5 Å². The largest absolute Gasteiger partial charge is 0.418 e. The number of aromatic nitrogens is 2. The number of fused-ring (bicyclic) bond motifs is 1. The number of alkyl halides is 3. The van der Waals surface area contributed by atoms with Crippen molar-refractivity contribution in [1.82, 2.24) is 9.97 Å². The number of nitrogens with zero attached hydrogens (tertiary/aromatic N) is 1. The molecular weight excluding hydrogens is 221 g/mol. The lowest BCUT2D eigenvalue weighted by Gasteiger charge is -2.08. The molecule has 4 N–H and O–H groups in total. The maximum atomic E-state index is 12.7. The summed E-state index contributed by atoms with van der Waals surface area (Å²) in [5, 5.41) is 2.67. The molecule has 0 unspecified atom stereocenters. The van der Waals surface area contributed by atoms with Crippen LogP contribution in [0, 0.1) is 0 Å². The van der Waals surface area contributed by atoms with E-state index in [1.54, 1.807) is 0 Å². The first-order chi connectivity index (χ1) is 7.43. The molecule has 0 aliphatic carbocycles. The molecule has 86 valence electrons. The molecular formula is C9H9F3N4. The molecule has 0 radical (unpaired) electrons. The summed E-state index contributed by atoms with van der Waals surface area (Å²) in [5.41, 5.74) is 5.14. The van der Waals surface area contributed by atoms with Gasteiger partial charge in [0.15, 0.2) is 0 Å². The molecule has 0 aromatic carbocycles. The van der Waals surface area contributed by atoms with Gasteiger partial charge >= 0.3 is 6.18 Å². The Bertz CT molecular complexity index is 529. The monoisotopic (exact) mass is 230 g/mol. The van der Waals surface area contributed by atoms with E-state index in [1.807, 2.05) is 0 Å². The second-order valence-electron chi connectivity index (χ2n) is 3.27. The Balaban J connectivity index is 2.80. The lowest BCUT2D eigenvalue weighted by molar-refractivity contribution is -0.136. The highest BCUT2D eigenvalue weighted by Gasteiger charge is 2.34. The number of H-pyrrole nitrogens is 1. The average molecular weight is 230 g/mol. The number of rotatable bonds is 1.